The van der Waals surface area contributed by atoms with Crippen LogP contribution in [0.4, 0.5) is 0 Å². The Kier molecular flexibility index (Phi) is 3.73. The fourth-order valence-corrected chi connectivity index (χ4v) is 3.55. The summed E-state index contributed by atoms with van der Waals surface area (Å²) in [5, 5.41) is 1.39. The predicted molar refractivity (Wildman–Crippen MR) is 101 cm³/mol. The largest absolute Gasteiger partial charge is 0.320 e. The smallest absolute Gasteiger partial charge is 0.0528 e. The van der Waals surface area contributed by atoms with Gasteiger partial charge in [-0.2, -0.15) is 0 Å². The number of fused-ring (bicyclic) bond motifs is 3. The normalized spacial score (nSPS) is 15.3. The van der Waals surface area contributed by atoms with E-state index in [9.17, 15) is 0 Å². The fourth-order valence-electron chi connectivity index (χ4n) is 3.55. The summed E-state index contributed by atoms with van der Waals surface area (Å²) >= 11 is 0. The Hall–Kier alpha value is -2.39. The topological polar surface area (TPSA) is 21.1 Å². The SMILES string of the molecule is Cc1ccc2c(c1)c1c(n2C=Cc2ccc(C)nc2)CCN(C)C1. The Morgan fingerprint density at radius 2 is 2.00 bits per heavy atom. The van der Waals surface area contributed by atoms with Crippen molar-refractivity contribution in [1.82, 2.24) is 14.5 Å². The average Bonchev–Trinajstić information content (AvgIpc) is 2.87. The van der Waals surface area contributed by atoms with E-state index in [0.717, 1.165) is 30.8 Å². The highest BCUT2D eigenvalue weighted by Gasteiger charge is 2.21. The minimum Gasteiger partial charge on any atom is -0.320 e. The molecule has 1 aromatic carbocycles. The predicted octanol–water partition coefficient (Wildman–Crippen LogP) is 4.27. The molecule has 0 spiro atoms. The molecule has 3 heteroatoms. The van der Waals surface area contributed by atoms with Crippen LogP contribution in [0.2, 0.25) is 0 Å². The number of rotatable bonds is 2. The van der Waals surface area contributed by atoms with Gasteiger partial charge in [0.1, 0.15) is 0 Å². The number of benzene rings is 1. The molecule has 122 valence electrons. The molecule has 1 aliphatic heterocycles. The molecule has 0 unspecified atom stereocenters. The van der Waals surface area contributed by atoms with Gasteiger partial charge in [0.15, 0.2) is 0 Å². The molecular formula is C21H23N3. The van der Waals surface area contributed by atoms with E-state index in [0.29, 0.717) is 0 Å². The average molecular weight is 317 g/mol. The molecule has 0 atom stereocenters. The zero-order chi connectivity index (χ0) is 16.7. The molecule has 0 saturated carbocycles. The number of nitrogens with zero attached hydrogens (tertiary/aromatic N) is 3. The van der Waals surface area contributed by atoms with Crippen LogP contribution in [-0.4, -0.2) is 28.0 Å². The molecule has 3 heterocycles. The summed E-state index contributed by atoms with van der Waals surface area (Å²) in [6, 6.07) is 11.0. The van der Waals surface area contributed by atoms with Crippen molar-refractivity contribution in [2.24, 2.45) is 0 Å². The minimum atomic E-state index is 1.03. The van der Waals surface area contributed by atoms with Gasteiger partial charge in [0.05, 0.1) is 5.52 Å². The summed E-state index contributed by atoms with van der Waals surface area (Å²) in [6.07, 6.45) is 7.39. The first-order chi connectivity index (χ1) is 11.6. The number of hydrogen-bond acceptors (Lipinski definition) is 2. The van der Waals surface area contributed by atoms with Gasteiger partial charge in [-0.3, -0.25) is 4.98 Å². The number of aryl methyl sites for hydroxylation is 2. The molecule has 1 aliphatic rings. The van der Waals surface area contributed by atoms with Gasteiger partial charge in [0.25, 0.3) is 0 Å². The van der Waals surface area contributed by atoms with Crippen LogP contribution < -0.4 is 0 Å². The van der Waals surface area contributed by atoms with Crippen LogP contribution in [0.25, 0.3) is 23.2 Å². The van der Waals surface area contributed by atoms with Crippen LogP contribution in [0.15, 0.2) is 36.5 Å². The van der Waals surface area contributed by atoms with Crippen molar-refractivity contribution in [2.75, 3.05) is 13.6 Å². The van der Waals surface area contributed by atoms with Crippen molar-refractivity contribution in [3.05, 3.63) is 64.6 Å². The van der Waals surface area contributed by atoms with Gasteiger partial charge in [-0.25, -0.2) is 0 Å². The van der Waals surface area contributed by atoms with Crippen molar-refractivity contribution < 1.29 is 0 Å². The molecule has 0 amide bonds. The highest BCUT2D eigenvalue weighted by atomic mass is 15.1. The number of pyridine rings is 1. The molecule has 3 aromatic rings. The quantitative estimate of drug-likeness (QED) is 0.704. The summed E-state index contributed by atoms with van der Waals surface area (Å²) in [5.41, 5.74) is 7.74. The van der Waals surface area contributed by atoms with E-state index >= 15 is 0 Å². The molecule has 0 N–H and O–H groups in total. The molecule has 2 aromatic heterocycles. The van der Waals surface area contributed by atoms with Crippen LogP contribution in [0.5, 0.6) is 0 Å². The van der Waals surface area contributed by atoms with Crippen LogP contribution >= 0.6 is 0 Å². The van der Waals surface area contributed by atoms with Crippen LogP contribution in [-0.2, 0) is 13.0 Å². The Morgan fingerprint density at radius 1 is 1.12 bits per heavy atom. The molecule has 0 aliphatic carbocycles. The highest BCUT2D eigenvalue weighted by Crippen LogP contribution is 2.31. The summed E-state index contributed by atoms with van der Waals surface area (Å²) in [4.78, 5) is 6.79. The third-order valence-corrected chi connectivity index (χ3v) is 4.88. The van der Waals surface area contributed by atoms with E-state index in [1.807, 2.05) is 13.1 Å². The lowest BCUT2D eigenvalue weighted by Gasteiger charge is -2.23. The van der Waals surface area contributed by atoms with Gasteiger partial charge in [0, 0.05) is 48.7 Å². The summed E-state index contributed by atoms with van der Waals surface area (Å²) in [5.74, 6) is 0. The maximum absolute atomic E-state index is 4.38. The second-order valence-electron chi connectivity index (χ2n) is 6.85. The van der Waals surface area contributed by atoms with Crippen molar-refractivity contribution in [3.63, 3.8) is 0 Å². The van der Waals surface area contributed by atoms with Gasteiger partial charge in [-0.15, -0.1) is 0 Å². The van der Waals surface area contributed by atoms with E-state index in [2.05, 4.69) is 71.0 Å². The van der Waals surface area contributed by atoms with E-state index in [1.165, 1.54) is 27.7 Å². The van der Waals surface area contributed by atoms with Gasteiger partial charge in [-0.1, -0.05) is 17.7 Å². The molecule has 4 rings (SSSR count). The lowest BCUT2D eigenvalue weighted by Crippen LogP contribution is -2.26. The molecule has 0 saturated heterocycles. The maximum atomic E-state index is 4.38. The molecule has 3 nitrogen and oxygen atoms in total. The van der Waals surface area contributed by atoms with Gasteiger partial charge < -0.3 is 9.47 Å². The molecule has 0 bridgehead atoms. The van der Waals surface area contributed by atoms with Crippen molar-refractivity contribution in [1.29, 1.82) is 0 Å². The van der Waals surface area contributed by atoms with E-state index < -0.39 is 0 Å². The zero-order valence-corrected chi connectivity index (χ0v) is 14.6. The monoisotopic (exact) mass is 317 g/mol. The van der Waals surface area contributed by atoms with Gasteiger partial charge >= 0.3 is 0 Å². The number of likely N-dealkylation sites (N-methyl/N-ethyl adjacent to an activating group) is 1. The van der Waals surface area contributed by atoms with Crippen molar-refractivity contribution in [2.45, 2.75) is 26.8 Å². The van der Waals surface area contributed by atoms with Crippen LogP contribution in [0.3, 0.4) is 0 Å². The third-order valence-electron chi connectivity index (χ3n) is 4.88. The standard InChI is InChI=1S/C21H23N3/c1-15-4-7-20-18(12-15)19-14-23(3)10-9-21(19)24(20)11-8-17-6-5-16(2)22-13-17/h4-8,11-13H,9-10,14H2,1-3H3. The van der Waals surface area contributed by atoms with E-state index in [4.69, 9.17) is 0 Å². The second kappa shape index (κ2) is 5.91. The Labute approximate surface area is 143 Å². The first kappa shape index (κ1) is 15.2. The highest BCUT2D eigenvalue weighted by molar-refractivity contribution is 5.89. The number of hydrogen-bond donors (Lipinski definition) is 0. The van der Waals surface area contributed by atoms with Crippen molar-refractivity contribution in [3.8, 4) is 0 Å². The summed E-state index contributed by atoms with van der Waals surface area (Å²) in [7, 11) is 2.20. The first-order valence-electron chi connectivity index (χ1n) is 8.53. The Morgan fingerprint density at radius 3 is 2.79 bits per heavy atom. The fraction of sp³-hybridized carbons (Fsp3) is 0.286. The molecular weight excluding hydrogens is 294 g/mol. The lowest BCUT2D eigenvalue weighted by molar-refractivity contribution is 0.312. The summed E-state index contributed by atoms with van der Waals surface area (Å²) < 4.78 is 2.37. The van der Waals surface area contributed by atoms with Crippen molar-refractivity contribution >= 4 is 23.2 Å². The molecule has 24 heavy (non-hydrogen) atoms. The third kappa shape index (κ3) is 2.65. The van der Waals surface area contributed by atoms with E-state index in [-0.39, 0.29) is 0 Å². The molecule has 0 radical (unpaired) electrons. The number of aromatic nitrogens is 2. The lowest BCUT2D eigenvalue weighted by atomic mass is 10.0. The van der Waals surface area contributed by atoms with Gasteiger partial charge in [-0.05, 0) is 56.3 Å². The van der Waals surface area contributed by atoms with Crippen LogP contribution in [0, 0.1) is 13.8 Å². The summed E-state index contributed by atoms with van der Waals surface area (Å²) in [6.45, 7) is 6.33. The first-order valence-corrected chi connectivity index (χ1v) is 8.53. The maximum Gasteiger partial charge on any atom is 0.0528 e. The van der Waals surface area contributed by atoms with Gasteiger partial charge in [0.2, 0.25) is 0 Å². The Balaban J connectivity index is 1.84. The molecule has 0 fully saturated rings. The second-order valence-corrected chi connectivity index (χ2v) is 6.85. The Bertz CT molecular complexity index is 916. The van der Waals surface area contributed by atoms with Crippen LogP contribution in [0.1, 0.15) is 28.1 Å². The van der Waals surface area contributed by atoms with E-state index in [1.54, 1.807) is 0 Å². The minimum absolute atomic E-state index is 1.03. The zero-order valence-electron chi connectivity index (χ0n) is 14.6.